The van der Waals surface area contributed by atoms with E-state index in [2.05, 4.69) is 10.1 Å². The second-order valence-corrected chi connectivity index (χ2v) is 6.55. The molecule has 0 bridgehead atoms. The second kappa shape index (κ2) is 6.81. The van der Waals surface area contributed by atoms with Crippen LogP contribution in [-0.2, 0) is 16.4 Å². The predicted molar refractivity (Wildman–Crippen MR) is 69.1 cm³/mol. The molecule has 1 N–H and O–H groups in total. The van der Waals surface area contributed by atoms with Crippen LogP contribution in [0.4, 0.5) is 8.78 Å². The van der Waals surface area contributed by atoms with Crippen molar-refractivity contribution in [3.63, 3.8) is 0 Å². The Balaban J connectivity index is 2.62. The molecular formula is C12H17F2NO3S. The van der Waals surface area contributed by atoms with Gasteiger partial charge in [0.25, 0.3) is 0 Å². The first-order chi connectivity index (χ1) is 8.78. The van der Waals surface area contributed by atoms with Crippen LogP contribution < -0.4 is 10.1 Å². The summed E-state index contributed by atoms with van der Waals surface area (Å²) < 4.78 is 51.0. The van der Waals surface area contributed by atoms with Crippen LogP contribution in [-0.4, -0.2) is 33.1 Å². The lowest BCUT2D eigenvalue weighted by Crippen LogP contribution is -2.32. The van der Waals surface area contributed by atoms with E-state index in [0.717, 1.165) is 6.26 Å². The van der Waals surface area contributed by atoms with Gasteiger partial charge in [-0.15, -0.1) is 0 Å². The first-order valence-electron chi connectivity index (χ1n) is 5.72. The van der Waals surface area contributed by atoms with Gasteiger partial charge in [0, 0.05) is 24.4 Å². The van der Waals surface area contributed by atoms with Gasteiger partial charge in [0.15, 0.2) is 0 Å². The topological polar surface area (TPSA) is 55.4 Å². The molecule has 0 saturated carbocycles. The molecule has 0 aliphatic rings. The molecule has 0 fully saturated rings. The van der Waals surface area contributed by atoms with E-state index in [1.54, 1.807) is 25.1 Å². The molecule has 0 spiro atoms. The maximum Gasteiger partial charge on any atom is 0.387 e. The molecular weight excluding hydrogens is 276 g/mol. The van der Waals surface area contributed by atoms with E-state index >= 15 is 0 Å². The van der Waals surface area contributed by atoms with Crippen LogP contribution in [0.5, 0.6) is 5.75 Å². The molecule has 4 nitrogen and oxygen atoms in total. The minimum atomic E-state index is -3.07. The Bertz CT molecular complexity index is 505. The number of halogens is 2. The molecule has 108 valence electrons. The molecule has 0 saturated heterocycles. The number of alkyl halides is 2. The fourth-order valence-electron chi connectivity index (χ4n) is 1.66. The van der Waals surface area contributed by atoms with E-state index in [0.29, 0.717) is 5.56 Å². The van der Waals surface area contributed by atoms with Gasteiger partial charge in [-0.1, -0.05) is 18.2 Å². The van der Waals surface area contributed by atoms with Crippen molar-refractivity contribution in [3.05, 3.63) is 29.8 Å². The predicted octanol–water partition coefficient (Wildman–Crippen LogP) is 1.81. The van der Waals surface area contributed by atoms with Gasteiger partial charge in [0.05, 0.1) is 5.75 Å². The summed E-state index contributed by atoms with van der Waals surface area (Å²) in [4.78, 5) is 0. The summed E-state index contributed by atoms with van der Waals surface area (Å²) in [6, 6.07) is 6.13. The quantitative estimate of drug-likeness (QED) is 0.833. The summed E-state index contributed by atoms with van der Waals surface area (Å²) in [6.45, 7) is -0.897. The van der Waals surface area contributed by atoms with Crippen LogP contribution in [0.15, 0.2) is 24.3 Å². The number of sulfone groups is 1. The van der Waals surface area contributed by atoms with Gasteiger partial charge in [-0.05, 0) is 13.0 Å². The molecule has 1 rings (SSSR count). The fraction of sp³-hybridized carbons (Fsp3) is 0.500. The summed E-state index contributed by atoms with van der Waals surface area (Å²) in [6.07, 6.45) is 1.15. The highest BCUT2D eigenvalue weighted by atomic mass is 32.2. The zero-order valence-corrected chi connectivity index (χ0v) is 11.6. The summed E-state index contributed by atoms with van der Waals surface area (Å²) >= 11 is 0. The van der Waals surface area contributed by atoms with Gasteiger partial charge in [-0.3, -0.25) is 0 Å². The second-order valence-electron chi connectivity index (χ2n) is 4.36. The first-order valence-corrected chi connectivity index (χ1v) is 7.78. The number of rotatable bonds is 7. The largest absolute Gasteiger partial charge is 0.434 e. The number of hydrogen-bond donors (Lipinski definition) is 1. The van der Waals surface area contributed by atoms with E-state index < -0.39 is 16.4 Å². The Morgan fingerprint density at radius 1 is 1.32 bits per heavy atom. The standard InChI is InChI=1S/C12H17F2NO3S/c1-9(8-19(2,16)17)15-7-10-5-3-4-6-11(10)18-12(13)14/h3-6,9,12,15H,7-8H2,1-2H3. The molecule has 0 aromatic heterocycles. The van der Waals surface area contributed by atoms with Crippen molar-refractivity contribution in [1.29, 1.82) is 0 Å². The maximum absolute atomic E-state index is 12.2. The van der Waals surface area contributed by atoms with E-state index in [1.807, 2.05) is 0 Å². The summed E-state index contributed by atoms with van der Waals surface area (Å²) in [5.41, 5.74) is 0.558. The average molecular weight is 293 g/mol. The molecule has 1 unspecified atom stereocenters. The Morgan fingerprint density at radius 2 is 1.95 bits per heavy atom. The van der Waals surface area contributed by atoms with Gasteiger partial charge in [-0.25, -0.2) is 8.42 Å². The number of hydrogen-bond acceptors (Lipinski definition) is 4. The van der Waals surface area contributed by atoms with Crippen molar-refractivity contribution >= 4 is 9.84 Å². The fourth-order valence-corrected chi connectivity index (χ4v) is 2.68. The molecule has 0 radical (unpaired) electrons. The SMILES string of the molecule is CC(CS(C)(=O)=O)NCc1ccccc1OC(F)F. The Morgan fingerprint density at radius 3 is 2.53 bits per heavy atom. The average Bonchev–Trinajstić information content (AvgIpc) is 2.24. The van der Waals surface area contributed by atoms with Gasteiger partial charge < -0.3 is 10.1 Å². The van der Waals surface area contributed by atoms with Crippen LogP contribution in [0.1, 0.15) is 12.5 Å². The van der Waals surface area contributed by atoms with Crippen molar-refractivity contribution in [1.82, 2.24) is 5.32 Å². The molecule has 0 aliphatic carbocycles. The third-order valence-electron chi connectivity index (χ3n) is 2.38. The monoisotopic (exact) mass is 293 g/mol. The zero-order chi connectivity index (χ0) is 14.5. The third kappa shape index (κ3) is 6.49. The minimum Gasteiger partial charge on any atom is -0.434 e. The zero-order valence-electron chi connectivity index (χ0n) is 10.8. The Hall–Kier alpha value is -1.21. The van der Waals surface area contributed by atoms with Crippen molar-refractivity contribution < 1.29 is 21.9 Å². The van der Waals surface area contributed by atoms with Crippen LogP contribution in [0, 0.1) is 0 Å². The van der Waals surface area contributed by atoms with Gasteiger partial charge in [0.2, 0.25) is 0 Å². The Kier molecular flexibility index (Phi) is 5.68. The van der Waals surface area contributed by atoms with E-state index in [4.69, 9.17) is 0 Å². The summed E-state index contributed by atoms with van der Waals surface area (Å²) in [7, 11) is -3.07. The van der Waals surface area contributed by atoms with Gasteiger partial charge in [0.1, 0.15) is 15.6 Å². The van der Waals surface area contributed by atoms with Crippen molar-refractivity contribution in [3.8, 4) is 5.75 Å². The van der Waals surface area contributed by atoms with Crippen molar-refractivity contribution in [2.24, 2.45) is 0 Å². The maximum atomic E-state index is 12.2. The molecule has 0 amide bonds. The van der Waals surface area contributed by atoms with Crippen molar-refractivity contribution in [2.45, 2.75) is 26.1 Å². The molecule has 1 aromatic rings. The van der Waals surface area contributed by atoms with E-state index in [1.165, 1.54) is 6.07 Å². The molecule has 7 heteroatoms. The van der Waals surface area contributed by atoms with Gasteiger partial charge >= 0.3 is 6.61 Å². The lowest BCUT2D eigenvalue weighted by molar-refractivity contribution is -0.0505. The number of benzene rings is 1. The van der Waals surface area contributed by atoms with Gasteiger partial charge in [-0.2, -0.15) is 8.78 Å². The molecule has 1 atom stereocenters. The van der Waals surface area contributed by atoms with E-state index in [-0.39, 0.29) is 24.1 Å². The van der Waals surface area contributed by atoms with E-state index in [9.17, 15) is 17.2 Å². The Labute approximate surface area is 111 Å². The lowest BCUT2D eigenvalue weighted by Gasteiger charge is -2.15. The number of para-hydroxylation sites is 1. The van der Waals surface area contributed by atoms with Crippen LogP contribution in [0.2, 0.25) is 0 Å². The molecule has 0 aliphatic heterocycles. The first kappa shape index (κ1) is 15.8. The molecule has 1 aromatic carbocycles. The number of nitrogens with one attached hydrogen (secondary N) is 1. The normalized spacial score (nSPS) is 13.5. The van der Waals surface area contributed by atoms with Crippen LogP contribution in [0.3, 0.4) is 0 Å². The highest BCUT2D eigenvalue weighted by molar-refractivity contribution is 7.90. The van der Waals surface area contributed by atoms with Crippen LogP contribution >= 0.6 is 0 Å². The molecule has 0 heterocycles. The van der Waals surface area contributed by atoms with Crippen LogP contribution in [0.25, 0.3) is 0 Å². The molecule has 19 heavy (non-hydrogen) atoms. The third-order valence-corrected chi connectivity index (χ3v) is 3.49. The summed E-state index contributed by atoms with van der Waals surface area (Å²) in [5.74, 6) is 0.0850. The highest BCUT2D eigenvalue weighted by Gasteiger charge is 2.12. The van der Waals surface area contributed by atoms with Crippen molar-refractivity contribution in [2.75, 3.05) is 12.0 Å². The number of ether oxygens (including phenoxy) is 1. The lowest BCUT2D eigenvalue weighted by atomic mass is 10.2. The highest BCUT2D eigenvalue weighted by Crippen LogP contribution is 2.20. The minimum absolute atomic E-state index is 0.00906. The summed E-state index contributed by atoms with van der Waals surface area (Å²) in [5, 5.41) is 2.97. The smallest absolute Gasteiger partial charge is 0.387 e.